The number of hydrogen-bond acceptors (Lipinski definition) is 3. The van der Waals surface area contributed by atoms with Gasteiger partial charge in [0.25, 0.3) is 0 Å². The second kappa shape index (κ2) is 5.13. The van der Waals surface area contributed by atoms with Crippen molar-refractivity contribution in [3.8, 4) is 0 Å². The minimum Gasteiger partial charge on any atom is -0.376 e. The van der Waals surface area contributed by atoms with E-state index in [2.05, 4.69) is 11.9 Å². The minimum absolute atomic E-state index is 0.0115. The van der Waals surface area contributed by atoms with E-state index in [1.807, 2.05) is 6.07 Å². The summed E-state index contributed by atoms with van der Waals surface area (Å²) in [7, 11) is 0. The highest BCUT2D eigenvalue weighted by atomic mass is 35.5. The van der Waals surface area contributed by atoms with E-state index < -0.39 is 0 Å². The highest BCUT2D eigenvalue weighted by molar-refractivity contribution is 6.31. The lowest BCUT2D eigenvalue weighted by molar-refractivity contribution is 0.0726. The van der Waals surface area contributed by atoms with Crippen LogP contribution in [0.2, 0.25) is 5.02 Å². The van der Waals surface area contributed by atoms with E-state index in [-0.39, 0.29) is 12.1 Å². The van der Waals surface area contributed by atoms with Gasteiger partial charge in [-0.2, -0.15) is 0 Å². The molecule has 1 aliphatic heterocycles. The highest BCUT2D eigenvalue weighted by Gasteiger charge is 2.30. The zero-order valence-corrected chi connectivity index (χ0v) is 10.2. The lowest BCUT2D eigenvalue weighted by Gasteiger charge is -2.22. The van der Waals surface area contributed by atoms with Crippen molar-refractivity contribution < 1.29 is 4.74 Å². The summed E-state index contributed by atoms with van der Waals surface area (Å²) >= 11 is 6.05. The normalized spacial score (nSPS) is 26.9. The highest BCUT2D eigenvalue weighted by Crippen LogP contribution is 2.25. The van der Waals surface area contributed by atoms with Crippen LogP contribution in [0.1, 0.15) is 18.9 Å². The number of nitrogens with two attached hydrogens (primary N) is 1. The fraction of sp³-hybridized carbons (Fsp3) is 0.583. The lowest BCUT2D eigenvalue weighted by Crippen LogP contribution is -2.39. The van der Waals surface area contributed by atoms with Crippen LogP contribution in [0.4, 0.5) is 0 Å². The average molecular weight is 241 g/mol. The maximum Gasteiger partial charge on any atom is 0.0755 e. The van der Waals surface area contributed by atoms with Crippen LogP contribution in [0, 0.1) is 5.92 Å². The molecule has 0 amide bonds. The summed E-state index contributed by atoms with van der Waals surface area (Å²) in [5.74, 6) is 0.538. The Labute approximate surface area is 101 Å². The monoisotopic (exact) mass is 240 g/mol. The number of ether oxygens (including phenoxy) is 1. The van der Waals surface area contributed by atoms with Gasteiger partial charge in [0.15, 0.2) is 0 Å². The Morgan fingerprint density at radius 3 is 3.12 bits per heavy atom. The third-order valence-electron chi connectivity index (χ3n) is 3.18. The molecule has 0 aromatic carbocycles. The molecule has 1 aromatic heterocycles. The molecule has 2 rings (SSSR count). The molecule has 0 radical (unpaired) electrons. The molecule has 0 saturated carbocycles. The molecule has 4 heteroatoms. The molecule has 2 heterocycles. The molecular formula is C12H17ClN2O. The molecule has 1 saturated heterocycles. The number of hydrogen-bond donors (Lipinski definition) is 1. The lowest BCUT2D eigenvalue weighted by atomic mass is 9.94. The molecule has 0 bridgehead atoms. The number of nitrogens with zero attached hydrogens (tertiary/aromatic N) is 1. The third kappa shape index (κ3) is 2.54. The third-order valence-corrected chi connectivity index (χ3v) is 3.52. The van der Waals surface area contributed by atoms with Crippen molar-refractivity contribution in [3.05, 3.63) is 29.0 Å². The topological polar surface area (TPSA) is 48.1 Å². The molecule has 1 aromatic rings. The number of rotatable bonds is 3. The van der Waals surface area contributed by atoms with Crippen LogP contribution in [-0.4, -0.2) is 23.7 Å². The van der Waals surface area contributed by atoms with Crippen molar-refractivity contribution in [3.63, 3.8) is 0 Å². The molecule has 3 unspecified atom stereocenters. The van der Waals surface area contributed by atoms with Gasteiger partial charge >= 0.3 is 0 Å². The molecule has 16 heavy (non-hydrogen) atoms. The average Bonchev–Trinajstić information content (AvgIpc) is 2.68. The largest absolute Gasteiger partial charge is 0.376 e. The van der Waals surface area contributed by atoms with Crippen LogP contribution in [0.25, 0.3) is 0 Å². The van der Waals surface area contributed by atoms with Gasteiger partial charge in [-0.1, -0.05) is 18.5 Å². The van der Waals surface area contributed by atoms with E-state index in [1.54, 1.807) is 12.4 Å². The van der Waals surface area contributed by atoms with Gasteiger partial charge in [0.1, 0.15) is 0 Å². The molecular weight excluding hydrogens is 224 g/mol. The number of aromatic nitrogens is 1. The first-order valence-corrected chi connectivity index (χ1v) is 6.02. The van der Waals surface area contributed by atoms with E-state index in [0.29, 0.717) is 10.9 Å². The van der Waals surface area contributed by atoms with Crippen LogP contribution in [0.15, 0.2) is 18.5 Å². The summed E-state index contributed by atoms with van der Waals surface area (Å²) in [5, 5.41) is 0.684. The molecule has 1 aliphatic rings. The van der Waals surface area contributed by atoms with Crippen LogP contribution in [-0.2, 0) is 11.2 Å². The fourth-order valence-electron chi connectivity index (χ4n) is 2.20. The summed E-state index contributed by atoms with van der Waals surface area (Å²) in [6.07, 6.45) is 5.40. The zero-order valence-electron chi connectivity index (χ0n) is 9.40. The maximum absolute atomic E-state index is 6.17. The molecule has 1 fully saturated rings. The van der Waals surface area contributed by atoms with Crippen LogP contribution in [0.5, 0.6) is 0 Å². The summed E-state index contributed by atoms with van der Waals surface area (Å²) in [4.78, 5) is 3.96. The SMILES string of the molecule is CC1CCOC1C(N)Cc1ccncc1Cl. The van der Waals surface area contributed by atoms with Crippen molar-refractivity contribution in [2.24, 2.45) is 11.7 Å². The fourth-order valence-corrected chi connectivity index (χ4v) is 2.40. The predicted octanol–water partition coefficient (Wildman–Crippen LogP) is 2.03. The molecule has 3 atom stereocenters. The Morgan fingerprint density at radius 1 is 1.69 bits per heavy atom. The van der Waals surface area contributed by atoms with Crippen molar-refractivity contribution in [1.82, 2.24) is 4.98 Å². The Kier molecular flexibility index (Phi) is 3.79. The van der Waals surface area contributed by atoms with E-state index in [4.69, 9.17) is 22.1 Å². The molecule has 88 valence electrons. The second-order valence-corrected chi connectivity index (χ2v) is 4.84. The molecule has 0 aliphatic carbocycles. The van der Waals surface area contributed by atoms with Gasteiger partial charge in [0, 0.05) is 25.0 Å². The molecule has 2 N–H and O–H groups in total. The van der Waals surface area contributed by atoms with Gasteiger partial charge in [-0.25, -0.2) is 0 Å². The van der Waals surface area contributed by atoms with E-state index in [0.717, 1.165) is 25.0 Å². The Balaban J connectivity index is 2.02. The van der Waals surface area contributed by atoms with Crippen LogP contribution >= 0.6 is 11.6 Å². The Morgan fingerprint density at radius 2 is 2.50 bits per heavy atom. The summed E-state index contributed by atoms with van der Waals surface area (Å²) in [5.41, 5.74) is 7.21. The first-order valence-electron chi connectivity index (χ1n) is 5.64. The quantitative estimate of drug-likeness (QED) is 0.880. The van der Waals surface area contributed by atoms with E-state index in [9.17, 15) is 0 Å². The van der Waals surface area contributed by atoms with Gasteiger partial charge in [-0.15, -0.1) is 0 Å². The number of pyridine rings is 1. The molecule has 0 spiro atoms. The first kappa shape index (κ1) is 11.8. The van der Waals surface area contributed by atoms with Crippen molar-refractivity contribution in [2.45, 2.75) is 31.9 Å². The summed E-state index contributed by atoms with van der Waals surface area (Å²) in [6, 6.07) is 1.93. The van der Waals surface area contributed by atoms with E-state index in [1.165, 1.54) is 0 Å². The standard InChI is InChI=1S/C12H17ClN2O/c1-8-3-5-16-12(8)11(14)6-9-2-4-15-7-10(9)13/h2,4,7-8,11-12H,3,5-6,14H2,1H3. The minimum atomic E-state index is 0.0115. The van der Waals surface area contributed by atoms with E-state index >= 15 is 0 Å². The van der Waals surface area contributed by atoms with Gasteiger partial charge < -0.3 is 10.5 Å². The summed E-state index contributed by atoms with van der Waals surface area (Å²) < 4.78 is 5.66. The van der Waals surface area contributed by atoms with Crippen molar-refractivity contribution in [2.75, 3.05) is 6.61 Å². The Hall–Kier alpha value is -0.640. The second-order valence-electron chi connectivity index (χ2n) is 4.44. The van der Waals surface area contributed by atoms with Crippen molar-refractivity contribution >= 4 is 11.6 Å². The van der Waals surface area contributed by atoms with Gasteiger partial charge in [-0.05, 0) is 30.4 Å². The predicted molar refractivity (Wildman–Crippen MR) is 64.4 cm³/mol. The van der Waals surface area contributed by atoms with Crippen LogP contribution in [0.3, 0.4) is 0 Å². The van der Waals surface area contributed by atoms with Gasteiger partial charge in [-0.3, -0.25) is 4.98 Å². The maximum atomic E-state index is 6.17. The Bertz CT molecular complexity index is 359. The first-order chi connectivity index (χ1) is 7.68. The smallest absolute Gasteiger partial charge is 0.0755 e. The van der Waals surface area contributed by atoms with Gasteiger partial charge in [0.05, 0.1) is 11.1 Å². The number of halogens is 1. The summed E-state index contributed by atoms with van der Waals surface area (Å²) in [6.45, 7) is 3.01. The zero-order chi connectivity index (χ0) is 11.5. The molecule has 3 nitrogen and oxygen atoms in total. The van der Waals surface area contributed by atoms with Gasteiger partial charge in [0.2, 0.25) is 0 Å². The van der Waals surface area contributed by atoms with Crippen molar-refractivity contribution in [1.29, 1.82) is 0 Å². The van der Waals surface area contributed by atoms with Crippen LogP contribution < -0.4 is 5.73 Å².